The molecule has 0 atom stereocenters. The lowest BCUT2D eigenvalue weighted by Gasteiger charge is -2.29. The van der Waals surface area contributed by atoms with Gasteiger partial charge in [0.15, 0.2) is 5.58 Å². The van der Waals surface area contributed by atoms with Crippen LogP contribution in [0.25, 0.3) is 76.9 Å². The zero-order valence-electron chi connectivity index (χ0n) is 31.2. The van der Waals surface area contributed by atoms with Gasteiger partial charge in [0.1, 0.15) is 16.7 Å². The molecular formula is C52H37NO2. The Morgan fingerprint density at radius 1 is 0.382 bits per heavy atom. The van der Waals surface area contributed by atoms with Crippen LogP contribution in [0.5, 0.6) is 0 Å². The summed E-state index contributed by atoms with van der Waals surface area (Å²) in [6.07, 6.45) is 0. The highest BCUT2D eigenvalue weighted by molar-refractivity contribution is 6.34. The SMILES string of the molecule is CC1(C)c2ccccc2-c2ccc(N(c3ccc4c(c3)C(C)(C)c3ccccc3-4)c3cccc4c3oc3c5ccccc5c5c6ccccc6oc5c43)cc21. The summed E-state index contributed by atoms with van der Waals surface area (Å²) in [6, 6.07) is 55.3. The number of hydrogen-bond acceptors (Lipinski definition) is 3. The second-order valence-corrected chi connectivity index (χ2v) is 16.4. The molecule has 55 heavy (non-hydrogen) atoms. The summed E-state index contributed by atoms with van der Waals surface area (Å²) >= 11 is 0. The van der Waals surface area contributed by atoms with Crippen LogP contribution >= 0.6 is 0 Å². The van der Waals surface area contributed by atoms with Crippen LogP contribution in [-0.2, 0) is 10.8 Å². The van der Waals surface area contributed by atoms with E-state index in [4.69, 9.17) is 8.83 Å². The Bertz CT molecular complexity index is 3170. The molecule has 0 bridgehead atoms. The van der Waals surface area contributed by atoms with Gasteiger partial charge in [-0.25, -0.2) is 0 Å². The molecule has 0 radical (unpaired) electrons. The largest absolute Gasteiger partial charge is 0.455 e. The highest BCUT2D eigenvalue weighted by Crippen LogP contribution is 2.54. The fraction of sp³-hybridized carbons (Fsp3) is 0.115. The number of benzene rings is 8. The van der Waals surface area contributed by atoms with Crippen molar-refractivity contribution in [2.75, 3.05) is 4.90 Å². The van der Waals surface area contributed by atoms with Crippen LogP contribution in [0.3, 0.4) is 0 Å². The number of furan rings is 2. The molecule has 0 fully saturated rings. The quantitative estimate of drug-likeness (QED) is 0.183. The van der Waals surface area contributed by atoms with E-state index in [-0.39, 0.29) is 10.8 Å². The van der Waals surface area contributed by atoms with Gasteiger partial charge in [0, 0.05) is 43.7 Å². The van der Waals surface area contributed by atoms with Crippen molar-refractivity contribution in [3.63, 3.8) is 0 Å². The Morgan fingerprint density at radius 2 is 0.909 bits per heavy atom. The molecular weight excluding hydrogens is 671 g/mol. The Kier molecular flexibility index (Phi) is 5.91. The summed E-state index contributed by atoms with van der Waals surface area (Å²) in [5.74, 6) is 0. The van der Waals surface area contributed by atoms with Gasteiger partial charge in [-0.15, -0.1) is 0 Å². The van der Waals surface area contributed by atoms with Gasteiger partial charge in [-0.2, -0.15) is 0 Å². The molecule has 0 saturated heterocycles. The Balaban J connectivity index is 1.16. The van der Waals surface area contributed by atoms with E-state index in [0.29, 0.717) is 0 Å². The smallest absolute Gasteiger partial charge is 0.159 e. The third-order valence-electron chi connectivity index (χ3n) is 12.8. The highest BCUT2D eigenvalue weighted by atomic mass is 16.3. The zero-order valence-corrected chi connectivity index (χ0v) is 31.2. The maximum absolute atomic E-state index is 7.19. The Labute approximate surface area is 319 Å². The van der Waals surface area contributed by atoms with Gasteiger partial charge in [-0.1, -0.05) is 143 Å². The molecule has 3 nitrogen and oxygen atoms in total. The lowest BCUT2D eigenvalue weighted by Crippen LogP contribution is -2.18. The van der Waals surface area contributed by atoms with E-state index in [2.05, 4.69) is 178 Å². The second kappa shape index (κ2) is 10.5. The molecule has 0 spiro atoms. The minimum Gasteiger partial charge on any atom is -0.455 e. The lowest BCUT2D eigenvalue weighted by molar-refractivity contribution is 0.659. The highest BCUT2D eigenvalue weighted by Gasteiger charge is 2.38. The maximum Gasteiger partial charge on any atom is 0.159 e. The molecule has 2 aliphatic carbocycles. The van der Waals surface area contributed by atoms with E-state index in [0.717, 1.165) is 71.7 Å². The average molecular weight is 708 g/mol. The van der Waals surface area contributed by atoms with Gasteiger partial charge in [0.25, 0.3) is 0 Å². The topological polar surface area (TPSA) is 29.5 Å². The number of hydrogen-bond donors (Lipinski definition) is 0. The predicted octanol–water partition coefficient (Wildman–Crippen LogP) is 14.7. The molecule has 0 aliphatic heterocycles. The van der Waals surface area contributed by atoms with Gasteiger partial charge < -0.3 is 13.7 Å². The zero-order chi connectivity index (χ0) is 36.8. The van der Waals surface area contributed by atoms with Gasteiger partial charge >= 0.3 is 0 Å². The standard InChI is InChI=1S/C52H37NO2/c1-51(2)40-20-10-7-14-32(40)34-26-24-30(28-42(34)51)53(31-25-27-35-33-15-8-11-21-41(33)52(3,4)43(35)29-31)44-22-13-19-39-47-49(55-48(39)44)37-17-6-5-16-36(37)46-38-18-9-12-23-45(38)54-50(46)47/h5-29H,1-4H3. The fourth-order valence-corrected chi connectivity index (χ4v) is 10.2. The van der Waals surface area contributed by atoms with Crippen molar-refractivity contribution < 1.29 is 8.83 Å². The van der Waals surface area contributed by atoms with E-state index >= 15 is 0 Å². The molecule has 2 aliphatic rings. The second-order valence-electron chi connectivity index (χ2n) is 16.4. The van der Waals surface area contributed by atoms with Crippen molar-refractivity contribution in [3.05, 3.63) is 174 Å². The Hall–Kier alpha value is -6.58. The first kappa shape index (κ1) is 30.8. The monoisotopic (exact) mass is 707 g/mol. The number of fused-ring (bicyclic) bond motifs is 16. The molecule has 2 aromatic heterocycles. The molecule has 2 heterocycles. The number of rotatable bonds is 3. The molecule has 0 unspecified atom stereocenters. The minimum atomic E-state index is -0.146. The summed E-state index contributed by atoms with van der Waals surface area (Å²) < 4.78 is 13.9. The summed E-state index contributed by atoms with van der Waals surface area (Å²) in [5.41, 5.74) is 17.0. The first-order valence-electron chi connectivity index (χ1n) is 19.3. The molecule has 0 saturated carbocycles. The van der Waals surface area contributed by atoms with Crippen molar-refractivity contribution in [3.8, 4) is 22.3 Å². The molecule has 10 aromatic rings. The minimum absolute atomic E-state index is 0.146. The third-order valence-corrected chi connectivity index (χ3v) is 12.8. The summed E-state index contributed by atoms with van der Waals surface area (Å²) in [6.45, 7) is 9.41. The van der Waals surface area contributed by atoms with Crippen LogP contribution in [-0.4, -0.2) is 0 Å². The van der Waals surface area contributed by atoms with Crippen molar-refractivity contribution >= 4 is 71.7 Å². The number of nitrogens with zero attached hydrogens (tertiary/aromatic N) is 1. The maximum atomic E-state index is 7.19. The molecule has 3 heteroatoms. The first-order valence-corrected chi connectivity index (χ1v) is 19.3. The van der Waals surface area contributed by atoms with E-state index in [1.165, 1.54) is 44.5 Å². The van der Waals surface area contributed by atoms with E-state index in [1.807, 2.05) is 6.07 Å². The van der Waals surface area contributed by atoms with Crippen LogP contribution < -0.4 is 4.90 Å². The van der Waals surface area contributed by atoms with E-state index in [1.54, 1.807) is 0 Å². The van der Waals surface area contributed by atoms with Gasteiger partial charge in [0.2, 0.25) is 0 Å². The van der Waals surface area contributed by atoms with Crippen molar-refractivity contribution in [1.82, 2.24) is 0 Å². The van der Waals surface area contributed by atoms with Crippen LogP contribution in [0.15, 0.2) is 160 Å². The average Bonchev–Trinajstić information content (AvgIpc) is 3.92. The molecule has 12 rings (SSSR count). The van der Waals surface area contributed by atoms with Gasteiger partial charge in [-0.05, 0) is 86.3 Å². The van der Waals surface area contributed by atoms with E-state index < -0.39 is 0 Å². The summed E-state index contributed by atoms with van der Waals surface area (Å²) in [7, 11) is 0. The summed E-state index contributed by atoms with van der Waals surface area (Å²) in [4.78, 5) is 2.42. The normalized spacial score (nSPS) is 14.8. The molecule has 8 aromatic carbocycles. The third kappa shape index (κ3) is 3.95. The molecule has 0 N–H and O–H groups in total. The fourth-order valence-electron chi connectivity index (χ4n) is 10.2. The number of anilines is 3. The lowest BCUT2D eigenvalue weighted by atomic mass is 9.82. The van der Waals surface area contributed by atoms with E-state index in [9.17, 15) is 0 Å². The Morgan fingerprint density at radius 3 is 1.56 bits per heavy atom. The predicted molar refractivity (Wildman–Crippen MR) is 228 cm³/mol. The van der Waals surface area contributed by atoms with Crippen molar-refractivity contribution in [2.24, 2.45) is 0 Å². The molecule has 262 valence electrons. The van der Waals surface area contributed by atoms with Gasteiger partial charge in [-0.3, -0.25) is 0 Å². The van der Waals surface area contributed by atoms with Gasteiger partial charge in [0.05, 0.1) is 11.1 Å². The van der Waals surface area contributed by atoms with Crippen LogP contribution in [0, 0.1) is 0 Å². The first-order chi connectivity index (χ1) is 26.8. The van der Waals surface area contributed by atoms with Crippen LogP contribution in [0.4, 0.5) is 17.1 Å². The van der Waals surface area contributed by atoms with Crippen LogP contribution in [0.1, 0.15) is 49.9 Å². The molecule has 0 amide bonds. The summed E-state index contributed by atoms with van der Waals surface area (Å²) in [5, 5.41) is 6.51. The number of para-hydroxylation sites is 2. The van der Waals surface area contributed by atoms with Crippen molar-refractivity contribution in [2.45, 2.75) is 38.5 Å². The van der Waals surface area contributed by atoms with Crippen LogP contribution in [0.2, 0.25) is 0 Å². The van der Waals surface area contributed by atoms with Crippen molar-refractivity contribution in [1.29, 1.82) is 0 Å².